The number of hydrogen-bond acceptors (Lipinski definition) is 5. The maximum Gasteiger partial charge on any atom is 0.345 e. The van der Waals surface area contributed by atoms with E-state index in [0.717, 1.165) is 40.1 Å². The average molecular weight is 443 g/mol. The summed E-state index contributed by atoms with van der Waals surface area (Å²) in [5, 5.41) is 19.5. The number of ether oxygens (including phenoxy) is 1. The molecule has 0 radical (unpaired) electrons. The summed E-state index contributed by atoms with van der Waals surface area (Å²) in [6.45, 7) is 1.25. The molecule has 3 heterocycles. The van der Waals surface area contributed by atoms with Crippen LogP contribution in [0.2, 0.25) is 5.02 Å². The van der Waals surface area contributed by atoms with Crippen LogP contribution in [-0.4, -0.2) is 32.3 Å². The second-order valence-corrected chi connectivity index (χ2v) is 8.25. The van der Waals surface area contributed by atoms with Crippen molar-refractivity contribution in [2.75, 3.05) is 6.61 Å². The Morgan fingerprint density at radius 3 is 2.80 bits per heavy atom. The van der Waals surface area contributed by atoms with Gasteiger partial charge in [-0.3, -0.25) is 4.98 Å². The van der Waals surface area contributed by atoms with E-state index in [1.807, 2.05) is 18.2 Å². The van der Waals surface area contributed by atoms with Gasteiger partial charge in [-0.05, 0) is 55.3 Å². The molecule has 0 fully saturated rings. The number of aryl methyl sites for hydroxylation is 1. The van der Waals surface area contributed by atoms with Gasteiger partial charge in [0.15, 0.2) is 0 Å². The van der Waals surface area contributed by atoms with Gasteiger partial charge in [0.2, 0.25) is 0 Å². The molecule has 0 aliphatic heterocycles. The third kappa shape index (κ3) is 4.27. The van der Waals surface area contributed by atoms with Gasteiger partial charge in [-0.1, -0.05) is 11.6 Å². The minimum Gasteiger partial charge on any atom is -0.508 e. The number of phenolic OH excluding ortho intramolecular Hbond substituents is 1. The Morgan fingerprint density at radius 1 is 1.20 bits per heavy atom. The summed E-state index contributed by atoms with van der Waals surface area (Å²) >= 11 is 7.61. The van der Waals surface area contributed by atoms with E-state index in [2.05, 4.69) is 9.55 Å². The molecule has 3 aromatic heterocycles. The lowest BCUT2D eigenvalue weighted by Gasteiger charge is -2.12. The van der Waals surface area contributed by atoms with Crippen molar-refractivity contribution in [2.24, 2.45) is 0 Å². The Labute approximate surface area is 181 Å². The number of hydrogen-bond donors (Lipinski definition) is 2. The topological polar surface area (TPSA) is 84.6 Å². The van der Waals surface area contributed by atoms with Crippen molar-refractivity contribution in [1.82, 2.24) is 9.55 Å². The summed E-state index contributed by atoms with van der Waals surface area (Å²) in [7, 11) is 0. The number of thiophene rings is 1. The summed E-state index contributed by atoms with van der Waals surface area (Å²) in [4.78, 5) is 15.7. The number of aromatic carboxylic acids is 1. The Kier molecular flexibility index (Phi) is 5.92. The summed E-state index contributed by atoms with van der Waals surface area (Å²) in [5.74, 6) is -0.0948. The second kappa shape index (κ2) is 8.77. The molecule has 30 heavy (non-hydrogen) atoms. The molecule has 4 aromatic rings. The number of pyridine rings is 1. The molecule has 4 rings (SSSR count). The number of aromatic hydroxyl groups is 1. The molecule has 0 saturated carbocycles. The van der Waals surface area contributed by atoms with Crippen molar-refractivity contribution in [3.05, 3.63) is 64.8 Å². The predicted octanol–water partition coefficient (Wildman–Crippen LogP) is 5.68. The maximum atomic E-state index is 11.4. The molecule has 1 aromatic carbocycles. The van der Waals surface area contributed by atoms with E-state index in [9.17, 15) is 15.0 Å². The first kappa shape index (κ1) is 20.3. The highest BCUT2D eigenvalue weighted by Gasteiger charge is 2.18. The minimum atomic E-state index is -0.933. The van der Waals surface area contributed by atoms with Crippen LogP contribution < -0.4 is 4.74 Å². The van der Waals surface area contributed by atoms with Crippen molar-refractivity contribution in [1.29, 1.82) is 0 Å². The van der Waals surface area contributed by atoms with Crippen LogP contribution in [0.3, 0.4) is 0 Å². The maximum absolute atomic E-state index is 11.4. The molecule has 0 saturated heterocycles. The zero-order valence-corrected chi connectivity index (χ0v) is 17.5. The quantitative estimate of drug-likeness (QED) is 0.343. The number of benzene rings is 1. The number of aromatic nitrogens is 2. The van der Waals surface area contributed by atoms with Crippen LogP contribution in [0.1, 0.15) is 22.5 Å². The van der Waals surface area contributed by atoms with Crippen LogP contribution in [0.4, 0.5) is 0 Å². The van der Waals surface area contributed by atoms with Crippen LogP contribution >= 0.6 is 22.9 Å². The number of rotatable bonds is 8. The summed E-state index contributed by atoms with van der Waals surface area (Å²) in [5.41, 5.74) is 2.55. The number of phenols is 1. The molecule has 0 unspecified atom stereocenters. The Balaban J connectivity index is 1.56. The lowest BCUT2D eigenvalue weighted by molar-refractivity contribution is 0.0702. The van der Waals surface area contributed by atoms with Crippen molar-refractivity contribution in [2.45, 2.75) is 19.4 Å². The van der Waals surface area contributed by atoms with E-state index in [4.69, 9.17) is 16.3 Å². The van der Waals surface area contributed by atoms with E-state index in [1.165, 1.54) is 17.4 Å². The SMILES string of the molecule is O=C(O)c1cc2c(cc(-c3ccc(O)cc3Cl)n2CCCCOc2cccnc2)s1. The van der Waals surface area contributed by atoms with Crippen LogP contribution in [0.5, 0.6) is 11.5 Å². The van der Waals surface area contributed by atoms with E-state index < -0.39 is 5.97 Å². The number of carbonyl (C=O) groups is 1. The number of carboxylic acids is 1. The van der Waals surface area contributed by atoms with Crippen LogP contribution in [-0.2, 0) is 6.54 Å². The predicted molar refractivity (Wildman–Crippen MR) is 118 cm³/mol. The molecular weight excluding hydrogens is 424 g/mol. The van der Waals surface area contributed by atoms with Gasteiger partial charge in [-0.25, -0.2) is 4.79 Å². The lowest BCUT2D eigenvalue weighted by Crippen LogP contribution is -2.04. The molecule has 6 nitrogen and oxygen atoms in total. The van der Waals surface area contributed by atoms with Gasteiger partial charge in [0.25, 0.3) is 0 Å². The van der Waals surface area contributed by atoms with Gasteiger partial charge in [0.1, 0.15) is 16.4 Å². The molecule has 2 N–H and O–H groups in total. The number of halogens is 1. The van der Waals surface area contributed by atoms with Crippen molar-refractivity contribution < 1.29 is 19.7 Å². The van der Waals surface area contributed by atoms with Gasteiger partial charge >= 0.3 is 5.97 Å². The van der Waals surface area contributed by atoms with E-state index >= 15 is 0 Å². The highest BCUT2D eigenvalue weighted by molar-refractivity contribution is 7.20. The van der Waals surface area contributed by atoms with Gasteiger partial charge < -0.3 is 19.5 Å². The van der Waals surface area contributed by atoms with E-state index in [0.29, 0.717) is 23.1 Å². The fourth-order valence-corrected chi connectivity index (χ4v) is 4.53. The molecule has 0 aliphatic rings. The van der Waals surface area contributed by atoms with Crippen molar-refractivity contribution in [3.8, 4) is 22.8 Å². The summed E-state index contributed by atoms with van der Waals surface area (Å²) < 4.78 is 8.67. The zero-order chi connectivity index (χ0) is 21.1. The van der Waals surface area contributed by atoms with Crippen LogP contribution in [0, 0.1) is 0 Å². The Morgan fingerprint density at radius 2 is 2.07 bits per heavy atom. The second-order valence-electron chi connectivity index (χ2n) is 6.75. The Hall–Kier alpha value is -3.03. The van der Waals surface area contributed by atoms with Gasteiger partial charge in [0.05, 0.1) is 33.7 Å². The molecular formula is C22H19ClN2O4S. The highest BCUT2D eigenvalue weighted by atomic mass is 35.5. The molecule has 0 spiro atoms. The van der Waals surface area contributed by atoms with Crippen molar-refractivity contribution in [3.63, 3.8) is 0 Å². The van der Waals surface area contributed by atoms with Gasteiger partial charge in [-0.2, -0.15) is 0 Å². The lowest BCUT2D eigenvalue weighted by atomic mass is 10.1. The fraction of sp³-hybridized carbons (Fsp3) is 0.182. The molecule has 8 heteroatoms. The standard InChI is InChI=1S/C22H19ClN2O4S/c23-17-10-14(26)5-6-16(17)18-11-20-19(12-21(30-20)22(27)28)25(18)8-1-2-9-29-15-4-3-7-24-13-15/h3-7,10-13,26H,1-2,8-9H2,(H,27,28). The monoisotopic (exact) mass is 442 g/mol. The van der Waals surface area contributed by atoms with E-state index in [-0.39, 0.29) is 5.75 Å². The zero-order valence-electron chi connectivity index (χ0n) is 15.9. The molecule has 0 bridgehead atoms. The molecule has 0 atom stereocenters. The highest BCUT2D eigenvalue weighted by Crippen LogP contribution is 2.38. The third-order valence-electron chi connectivity index (χ3n) is 4.71. The van der Waals surface area contributed by atoms with Crippen LogP contribution in [0.15, 0.2) is 54.9 Å². The first-order valence-electron chi connectivity index (χ1n) is 9.41. The average Bonchev–Trinajstić information content (AvgIpc) is 3.28. The number of nitrogens with zero attached hydrogens (tertiary/aromatic N) is 2. The smallest absolute Gasteiger partial charge is 0.345 e. The third-order valence-corrected chi connectivity index (χ3v) is 6.08. The summed E-state index contributed by atoms with van der Waals surface area (Å²) in [6, 6.07) is 12.2. The largest absolute Gasteiger partial charge is 0.508 e. The number of carboxylic acid groups (broad SMARTS) is 1. The number of unbranched alkanes of at least 4 members (excludes halogenated alkanes) is 1. The first-order valence-corrected chi connectivity index (χ1v) is 10.6. The summed E-state index contributed by atoms with van der Waals surface area (Å²) in [6.07, 6.45) is 5.05. The minimum absolute atomic E-state index is 0.101. The molecule has 154 valence electrons. The van der Waals surface area contributed by atoms with Gasteiger partial charge in [-0.15, -0.1) is 11.3 Å². The Bertz CT molecular complexity index is 1190. The number of fused-ring (bicyclic) bond motifs is 1. The first-order chi connectivity index (χ1) is 14.5. The fourth-order valence-electron chi connectivity index (χ4n) is 3.32. The molecule has 0 amide bonds. The van der Waals surface area contributed by atoms with E-state index in [1.54, 1.807) is 30.6 Å². The normalized spacial score (nSPS) is 11.1. The van der Waals surface area contributed by atoms with Gasteiger partial charge in [0, 0.05) is 18.3 Å². The van der Waals surface area contributed by atoms with Crippen molar-refractivity contribution >= 4 is 39.1 Å². The van der Waals surface area contributed by atoms with Crippen LogP contribution in [0.25, 0.3) is 21.5 Å². The molecule has 0 aliphatic carbocycles.